The molecule has 3 aromatic rings. The first-order valence-corrected chi connectivity index (χ1v) is 10.4. The number of halogens is 2. The van der Waals surface area contributed by atoms with Gasteiger partial charge in [-0.2, -0.15) is 9.78 Å². The Hall–Kier alpha value is -3.03. The first-order chi connectivity index (χ1) is 14.9. The van der Waals surface area contributed by atoms with E-state index in [1.807, 2.05) is 0 Å². The van der Waals surface area contributed by atoms with Crippen molar-refractivity contribution in [2.24, 2.45) is 0 Å². The van der Waals surface area contributed by atoms with E-state index in [0.29, 0.717) is 29.1 Å². The van der Waals surface area contributed by atoms with Crippen molar-refractivity contribution in [3.8, 4) is 16.9 Å². The number of rotatable bonds is 5. The van der Waals surface area contributed by atoms with E-state index in [2.05, 4.69) is 10.4 Å². The highest BCUT2D eigenvalue weighted by Crippen LogP contribution is 2.29. The number of amides is 1. The van der Waals surface area contributed by atoms with Crippen molar-refractivity contribution in [1.29, 1.82) is 0 Å². The van der Waals surface area contributed by atoms with Crippen LogP contribution in [0.4, 0.5) is 4.39 Å². The van der Waals surface area contributed by atoms with E-state index in [1.54, 1.807) is 24.3 Å². The van der Waals surface area contributed by atoms with Crippen molar-refractivity contribution in [2.45, 2.75) is 31.2 Å². The number of benzene rings is 2. The molecule has 6 nitrogen and oxygen atoms in total. The molecule has 0 bridgehead atoms. The number of aromatic nitrogens is 2. The van der Waals surface area contributed by atoms with Gasteiger partial charge >= 0.3 is 0 Å². The summed E-state index contributed by atoms with van der Waals surface area (Å²) in [7, 11) is 0. The predicted molar refractivity (Wildman–Crippen MR) is 116 cm³/mol. The smallest absolute Gasteiger partial charge is 0.284 e. The fourth-order valence-electron chi connectivity index (χ4n) is 3.88. The third kappa shape index (κ3) is 4.38. The average Bonchev–Trinajstić information content (AvgIpc) is 3.23. The number of nitrogens with one attached hydrogen (secondary N) is 1. The van der Waals surface area contributed by atoms with Crippen LogP contribution in [0.5, 0.6) is 0 Å². The molecule has 1 heterocycles. The maximum atomic E-state index is 13.8. The maximum Gasteiger partial charge on any atom is 0.284 e. The Morgan fingerprint density at radius 2 is 1.87 bits per heavy atom. The molecule has 2 N–H and O–H groups in total. The summed E-state index contributed by atoms with van der Waals surface area (Å²) in [5.41, 5.74) is -0.350. The Kier molecular flexibility index (Phi) is 5.89. The van der Waals surface area contributed by atoms with Crippen LogP contribution in [0.2, 0.25) is 5.02 Å². The summed E-state index contributed by atoms with van der Waals surface area (Å²) in [6, 6.07) is 13.6. The zero-order chi connectivity index (χ0) is 22.0. The van der Waals surface area contributed by atoms with Crippen molar-refractivity contribution in [3.05, 3.63) is 81.4 Å². The van der Waals surface area contributed by atoms with Crippen LogP contribution in [-0.2, 0) is 0 Å². The van der Waals surface area contributed by atoms with Crippen LogP contribution < -0.4 is 10.9 Å². The number of hydrogen-bond donors (Lipinski definition) is 2. The fourth-order valence-corrected chi connectivity index (χ4v) is 4.01. The van der Waals surface area contributed by atoms with Crippen molar-refractivity contribution < 1.29 is 14.3 Å². The molecule has 0 spiro atoms. The number of carbonyl (C=O) groups is 1. The molecular formula is C23H21ClFN3O3. The van der Waals surface area contributed by atoms with Crippen LogP contribution in [0.15, 0.2) is 59.4 Å². The second kappa shape index (κ2) is 8.61. The summed E-state index contributed by atoms with van der Waals surface area (Å²) in [5.74, 6) is -1.12. The Morgan fingerprint density at radius 3 is 2.52 bits per heavy atom. The first kappa shape index (κ1) is 21.2. The number of aliphatic hydroxyl groups excluding tert-OH is 1. The van der Waals surface area contributed by atoms with Gasteiger partial charge in [-0.05, 0) is 49.2 Å². The molecule has 0 atom stereocenters. The van der Waals surface area contributed by atoms with E-state index in [4.69, 9.17) is 11.6 Å². The van der Waals surface area contributed by atoms with Crippen LogP contribution in [0, 0.1) is 5.82 Å². The molecule has 0 radical (unpaired) electrons. The van der Waals surface area contributed by atoms with Crippen LogP contribution >= 0.6 is 11.6 Å². The molecule has 1 amide bonds. The second-order valence-corrected chi connectivity index (χ2v) is 8.18. The topological polar surface area (TPSA) is 84.2 Å². The molecule has 4 rings (SSSR count). The molecule has 0 unspecified atom stereocenters. The standard InChI is InChI=1S/C23H21ClFN3O3/c24-16-8-6-15(7-9-16)20-13-19(21(30)26-23(14-29)10-1-2-11-23)22(31)28(27-20)18-5-3-4-17(25)12-18/h3-9,12-13,29H,1-2,10-11,14H2,(H,26,30). The summed E-state index contributed by atoms with van der Waals surface area (Å²) in [5, 5.41) is 17.6. The van der Waals surface area contributed by atoms with E-state index in [-0.39, 0.29) is 17.9 Å². The largest absolute Gasteiger partial charge is 0.394 e. The van der Waals surface area contributed by atoms with E-state index in [1.165, 1.54) is 30.3 Å². The number of carbonyl (C=O) groups excluding carboxylic acids is 1. The number of aliphatic hydroxyl groups is 1. The second-order valence-electron chi connectivity index (χ2n) is 7.75. The van der Waals surface area contributed by atoms with E-state index >= 15 is 0 Å². The van der Waals surface area contributed by atoms with Gasteiger partial charge in [-0.1, -0.05) is 42.6 Å². The normalized spacial score (nSPS) is 15.1. The van der Waals surface area contributed by atoms with Gasteiger partial charge in [-0.25, -0.2) is 4.39 Å². The molecule has 8 heteroatoms. The lowest BCUT2D eigenvalue weighted by molar-refractivity contribution is 0.0836. The fraction of sp³-hybridized carbons (Fsp3) is 0.261. The molecule has 0 aliphatic heterocycles. The Morgan fingerprint density at radius 1 is 1.16 bits per heavy atom. The molecule has 160 valence electrons. The first-order valence-electron chi connectivity index (χ1n) is 10.0. The zero-order valence-corrected chi connectivity index (χ0v) is 17.4. The monoisotopic (exact) mass is 441 g/mol. The zero-order valence-electron chi connectivity index (χ0n) is 16.6. The van der Waals surface area contributed by atoms with Gasteiger partial charge in [-0.15, -0.1) is 0 Å². The highest BCUT2D eigenvalue weighted by molar-refractivity contribution is 6.30. The van der Waals surface area contributed by atoms with Gasteiger partial charge in [0.2, 0.25) is 0 Å². The summed E-state index contributed by atoms with van der Waals surface area (Å²) in [6.45, 7) is -0.202. The van der Waals surface area contributed by atoms with Gasteiger partial charge in [0.1, 0.15) is 11.4 Å². The Labute approximate surface area is 183 Å². The van der Waals surface area contributed by atoms with Gasteiger partial charge < -0.3 is 10.4 Å². The Balaban J connectivity index is 1.84. The Bertz CT molecular complexity index is 1170. The minimum Gasteiger partial charge on any atom is -0.394 e. The van der Waals surface area contributed by atoms with E-state index < -0.39 is 22.8 Å². The van der Waals surface area contributed by atoms with Gasteiger partial charge in [-0.3, -0.25) is 9.59 Å². The summed E-state index contributed by atoms with van der Waals surface area (Å²) < 4.78 is 14.8. The third-order valence-corrected chi connectivity index (χ3v) is 5.84. The van der Waals surface area contributed by atoms with Crippen molar-refractivity contribution in [2.75, 3.05) is 6.61 Å². The quantitative estimate of drug-likeness (QED) is 0.632. The van der Waals surface area contributed by atoms with E-state index in [9.17, 15) is 19.1 Å². The number of nitrogens with zero attached hydrogens (tertiary/aromatic N) is 2. The number of hydrogen-bond acceptors (Lipinski definition) is 4. The minimum atomic E-state index is -0.739. The molecule has 1 fully saturated rings. The van der Waals surface area contributed by atoms with Crippen LogP contribution in [0.1, 0.15) is 36.0 Å². The molecule has 2 aromatic carbocycles. The van der Waals surface area contributed by atoms with Crippen molar-refractivity contribution in [3.63, 3.8) is 0 Å². The molecule has 31 heavy (non-hydrogen) atoms. The molecule has 1 aromatic heterocycles. The summed E-state index contributed by atoms with van der Waals surface area (Å²) >= 11 is 5.97. The summed E-state index contributed by atoms with van der Waals surface area (Å²) in [4.78, 5) is 26.3. The highest BCUT2D eigenvalue weighted by Gasteiger charge is 2.35. The molecule has 1 aliphatic carbocycles. The predicted octanol–water partition coefficient (Wildman–Crippen LogP) is 3.73. The van der Waals surface area contributed by atoms with E-state index in [0.717, 1.165) is 17.5 Å². The molecular weight excluding hydrogens is 421 g/mol. The van der Waals surface area contributed by atoms with Crippen molar-refractivity contribution >= 4 is 17.5 Å². The average molecular weight is 442 g/mol. The van der Waals surface area contributed by atoms with Crippen LogP contribution in [0.25, 0.3) is 16.9 Å². The lowest BCUT2D eigenvalue weighted by Gasteiger charge is -2.28. The van der Waals surface area contributed by atoms with Crippen molar-refractivity contribution in [1.82, 2.24) is 15.1 Å². The lowest BCUT2D eigenvalue weighted by atomic mass is 9.98. The SMILES string of the molecule is O=C(NC1(CO)CCCC1)c1cc(-c2ccc(Cl)cc2)nn(-c2cccc(F)c2)c1=O. The van der Waals surface area contributed by atoms with Gasteiger partial charge in [0, 0.05) is 10.6 Å². The van der Waals surface area contributed by atoms with Gasteiger partial charge in [0.15, 0.2) is 0 Å². The third-order valence-electron chi connectivity index (χ3n) is 5.59. The van der Waals surface area contributed by atoms with Crippen LogP contribution in [-0.4, -0.2) is 32.9 Å². The maximum absolute atomic E-state index is 13.8. The molecule has 0 saturated heterocycles. The van der Waals surface area contributed by atoms with Gasteiger partial charge in [0.05, 0.1) is 23.5 Å². The van der Waals surface area contributed by atoms with Crippen LogP contribution in [0.3, 0.4) is 0 Å². The molecule has 1 aliphatic rings. The van der Waals surface area contributed by atoms with Gasteiger partial charge in [0.25, 0.3) is 11.5 Å². The highest BCUT2D eigenvalue weighted by atomic mass is 35.5. The lowest BCUT2D eigenvalue weighted by Crippen LogP contribution is -2.50. The molecule has 1 saturated carbocycles. The minimum absolute atomic E-state index is 0.135. The summed E-state index contributed by atoms with van der Waals surface area (Å²) in [6.07, 6.45) is 3.06.